The maximum absolute atomic E-state index is 5.18. The molecule has 3 nitrogen and oxygen atoms in total. The van der Waals surface area contributed by atoms with Gasteiger partial charge in [-0.05, 0) is 50.9 Å². The fourth-order valence-electron chi connectivity index (χ4n) is 6.41. The monoisotopic (exact) mass is 591 g/mol. The normalized spacial score (nSPS) is 11.6. The highest BCUT2D eigenvalue weighted by Crippen LogP contribution is 2.43. The largest absolute Gasteiger partial charge is 0.208 e. The molecule has 45 heavy (non-hydrogen) atoms. The zero-order valence-electron chi connectivity index (χ0n) is 24.2. The second-order valence-corrected chi connectivity index (χ2v) is 12.3. The Morgan fingerprint density at radius 2 is 0.956 bits per heavy atom. The number of benzene rings is 7. The van der Waals surface area contributed by atoms with E-state index in [0.717, 1.165) is 27.5 Å². The van der Waals surface area contributed by atoms with Gasteiger partial charge in [-0.2, -0.15) is 0 Å². The molecule has 0 spiro atoms. The van der Waals surface area contributed by atoms with Gasteiger partial charge in [0.1, 0.15) is 0 Å². The summed E-state index contributed by atoms with van der Waals surface area (Å²) in [6.07, 6.45) is 0. The predicted octanol–water partition coefficient (Wildman–Crippen LogP) is 11.2. The Labute approximate surface area is 264 Å². The van der Waals surface area contributed by atoms with Crippen molar-refractivity contribution in [2.24, 2.45) is 0 Å². The molecule has 0 saturated carbocycles. The van der Waals surface area contributed by atoms with E-state index in [4.69, 9.17) is 15.0 Å². The van der Waals surface area contributed by atoms with Crippen LogP contribution in [0.15, 0.2) is 152 Å². The summed E-state index contributed by atoms with van der Waals surface area (Å²) in [5.41, 5.74) is 5.44. The van der Waals surface area contributed by atoms with Gasteiger partial charge in [0.2, 0.25) is 0 Å². The molecule has 2 aromatic heterocycles. The summed E-state index contributed by atoms with van der Waals surface area (Å²) in [7, 11) is 0. The van der Waals surface area contributed by atoms with Gasteiger partial charge >= 0.3 is 0 Å². The summed E-state index contributed by atoms with van der Waals surface area (Å²) in [6.45, 7) is 0. The van der Waals surface area contributed by atoms with Crippen LogP contribution in [-0.2, 0) is 0 Å². The van der Waals surface area contributed by atoms with E-state index in [9.17, 15) is 0 Å². The van der Waals surface area contributed by atoms with E-state index in [1.165, 1.54) is 42.1 Å². The molecule has 0 N–H and O–H groups in total. The molecular formula is C41H25N3S. The average Bonchev–Trinajstić information content (AvgIpc) is 3.48. The Kier molecular flexibility index (Phi) is 6.00. The third-order valence-electron chi connectivity index (χ3n) is 8.52. The van der Waals surface area contributed by atoms with Crippen LogP contribution in [0.2, 0.25) is 0 Å². The smallest absolute Gasteiger partial charge is 0.164 e. The molecule has 9 rings (SSSR count). The first-order valence-electron chi connectivity index (χ1n) is 15.0. The summed E-state index contributed by atoms with van der Waals surface area (Å²) in [5.74, 6) is 2.01. The zero-order valence-corrected chi connectivity index (χ0v) is 25.0. The van der Waals surface area contributed by atoms with Crippen LogP contribution in [0.1, 0.15) is 0 Å². The summed E-state index contributed by atoms with van der Waals surface area (Å²) in [4.78, 5) is 15.3. The van der Waals surface area contributed by atoms with Gasteiger partial charge in [0.05, 0.1) is 0 Å². The van der Waals surface area contributed by atoms with E-state index in [1.807, 2.05) is 29.5 Å². The maximum atomic E-state index is 5.18. The Bertz CT molecular complexity index is 2530. The highest BCUT2D eigenvalue weighted by Gasteiger charge is 2.18. The van der Waals surface area contributed by atoms with Gasteiger partial charge in [-0.25, -0.2) is 15.0 Å². The standard InChI is InChI=1S/C41H25N3S/c1-3-12-26(13-4-1)31-20-10-18-29-24-35-37(25-34(29)31)45-36-23-11-22-33(38(35)36)41-43-39(28-15-5-2-6-16-28)42-40(44-41)32-21-9-17-27-14-7-8-19-30(27)32/h1-25H. The Morgan fingerprint density at radius 1 is 0.356 bits per heavy atom. The van der Waals surface area contributed by atoms with Gasteiger partial charge in [0, 0.05) is 36.9 Å². The quantitative estimate of drug-likeness (QED) is 0.204. The van der Waals surface area contributed by atoms with Crippen molar-refractivity contribution in [2.75, 3.05) is 0 Å². The maximum Gasteiger partial charge on any atom is 0.164 e. The van der Waals surface area contributed by atoms with Crippen molar-refractivity contribution in [3.05, 3.63) is 152 Å². The van der Waals surface area contributed by atoms with Crippen molar-refractivity contribution in [1.29, 1.82) is 0 Å². The fourth-order valence-corrected chi connectivity index (χ4v) is 7.56. The molecule has 0 aliphatic heterocycles. The first-order valence-corrected chi connectivity index (χ1v) is 15.9. The molecule has 0 radical (unpaired) electrons. The number of rotatable bonds is 4. The minimum Gasteiger partial charge on any atom is -0.208 e. The number of hydrogen-bond acceptors (Lipinski definition) is 4. The van der Waals surface area contributed by atoms with Crippen molar-refractivity contribution in [1.82, 2.24) is 15.0 Å². The fraction of sp³-hybridized carbons (Fsp3) is 0. The first-order chi connectivity index (χ1) is 22.3. The average molecular weight is 592 g/mol. The van der Waals surface area contributed by atoms with Crippen LogP contribution in [0, 0.1) is 0 Å². The van der Waals surface area contributed by atoms with Crippen LogP contribution in [0.3, 0.4) is 0 Å². The van der Waals surface area contributed by atoms with Crippen molar-refractivity contribution in [3.8, 4) is 45.3 Å². The lowest BCUT2D eigenvalue weighted by Gasteiger charge is -2.11. The molecule has 2 heterocycles. The second kappa shape index (κ2) is 10.5. The lowest BCUT2D eigenvalue weighted by Crippen LogP contribution is -2.00. The molecule has 0 unspecified atom stereocenters. The number of thiophene rings is 1. The van der Waals surface area contributed by atoms with E-state index in [1.54, 1.807) is 0 Å². The van der Waals surface area contributed by atoms with E-state index in [2.05, 4.69) is 133 Å². The van der Waals surface area contributed by atoms with Crippen LogP contribution >= 0.6 is 11.3 Å². The van der Waals surface area contributed by atoms with Gasteiger partial charge in [-0.3, -0.25) is 0 Å². The first kappa shape index (κ1) is 25.8. The van der Waals surface area contributed by atoms with E-state index in [0.29, 0.717) is 17.5 Å². The minimum atomic E-state index is 0.665. The lowest BCUT2D eigenvalue weighted by atomic mass is 9.96. The van der Waals surface area contributed by atoms with Gasteiger partial charge in [0.15, 0.2) is 17.5 Å². The summed E-state index contributed by atoms with van der Waals surface area (Å²) >= 11 is 1.82. The molecule has 0 bridgehead atoms. The van der Waals surface area contributed by atoms with Gasteiger partial charge in [-0.1, -0.05) is 133 Å². The topological polar surface area (TPSA) is 38.7 Å². The second-order valence-electron chi connectivity index (χ2n) is 11.2. The van der Waals surface area contributed by atoms with E-state index < -0.39 is 0 Å². The molecular weight excluding hydrogens is 567 g/mol. The highest BCUT2D eigenvalue weighted by molar-refractivity contribution is 7.26. The Hall–Kier alpha value is -5.71. The van der Waals surface area contributed by atoms with Crippen LogP contribution in [-0.4, -0.2) is 15.0 Å². The lowest BCUT2D eigenvalue weighted by molar-refractivity contribution is 1.08. The third-order valence-corrected chi connectivity index (χ3v) is 9.64. The molecule has 0 atom stereocenters. The molecule has 4 heteroatoms. The van der Waals surface area contributed by atoms with Crippen LogP contribution in [0.25, 0.3) is 87.0 Å². The summed E-state index contributed by atoms with van der Waals surface area (Å²) in [6, 6.07) is 53.3. The molecule has 0 amide bonds. The Morgan fingerprint density at radius 3 is 1.78 bits per heavy atom. The van der Waals surface area contributed by atoms with Crippen molar-refractivity contribution < 1.29 is 0 Å². The third kappa shape index (κ3) is 4.38. The van der Waals surface area contributed by atoms with Crippen LogP contribution in [0.4, 0.5) is 0 Å². The number of hydrogen-bond donors (Lipinski definition) is 0. The molecule has 0 aliphatic carbocycles. The Balaban J connectivity index is 1.31. The van der Waals surface area contributed by atoms with Gasteiger partial charge < -0.3 is 0 Å². The van der Waals surface area contributed by atoms with Gasteiger partial charge in [-0.15, -0.1) is 11.3 Å². The van der Waals surface area contributed by atoms with Crippen molar-refractivity contribution in [2.45, 2.75) is 0 Å². The number of fused-ring (bicyclic) bond motifs is 5. The predicted molar refractivity (Wildman–Crippen MR) is 189 cm³/mol. The SMILES string of the molecule is c1ccc(-c2nc(-c3cccc4ccccc34)nc(-c3cccc4sc5cc6c(-c7ccccc7)cccc6cc5c34)n2)cc1. The van der Waals surface area contributed by atoms with Crippen LogP contribution < -0.4 is 0 Å². The zero-order chi connectivity index (χ0) is 29.7. The van der Waals surface area contributed by atoms with Gasteiger partial charge in [0.25, 0.3) is 0 Å². The van der Waals surface area contributed by atoms with E-state index in [-0.39, 0.29) is 0 Å². The number of nitrogens with zero attached hydrogens (tertiary/aromatic N) is 3. The van der Waals surface area contributed by atoms with Crippen LogP contribution in [0.5, 0.6) is 0 Å². The summed E-state index contributed by atoms with van der Waals surface area (Å²) in [5, 5.41) is 7.15. The van der Waals surface area contributed by atoms with Crippen molar-refractivity contribution >= 4 is 53.1 Å². The molecule has 7 aromatic carbocycles. The molecule has 0 aliphatic rings. The molecule has 0 saturated heterocycles. The highest BCUT2D eigenvalue weighted by atomic mass is 32.1. The molecule has 0 fully saturated rings. The van der Waals surface area contributed by atoms with Crippen molar-refractivity contribution in [3.63, 3.8) is 0 Å². The molecule has 210 valence electrons. The molecule has 9 aromatic rings. The minimum absolute atomic E-state index is 0.665. The van der Waals surface area contributed by atoms with E-state index >= 15 is 0 Å². The number of aromatic nitrogens is 3. The summed E-state index contributed by atoms with van der Waals surface area (Å²) < 4.78 is 2.47.